The Labute approximate surface area is 106 Å². The van der Waals surface area contributed by atoms with Crippen molar-refractivity contribution >= 4 is 16.3 Å². The van der Waals surface area contributed by atoms with Crippen LogP contribution in [0.25, 0.3) is 0 Å². The zero-order valence-corrected chi connectivity index (χ0v) is 10.6. The molecule has 1 rings (SSSR count). The molecule has 5 nitrogen and oxygen atoms in total. The van der Waals surface area contributed by atoms with E-state index in [0.29, 0.717) is 12.0 Å². The molecule has 0 aliphatic carbocycles. The quantitative estimate of drug-likeness (QED) is 0.464. The molecule has 6 heteroatoms. The molecule has 18 heavy (non-hydrogen) atoms. The van der Waals surface area contributed by atoms with E-state index in [9.17, 15) is 13.5 Å². The number of hydrogen-bond acceptors (Lipinski definition) is 4. The van der Waals surface area contributed by atoms with Gasteiger partial charge in [-0.3, -0.25) is 9.55 Å². The van der Waals surface area contributed by atoms with Crippen LogP contribution in [0.2, 0.25) is 0 Å². The van der Waals surface area contributed by atoms with Gasteiger partial charge in [0, 0.05) is 11.8 Å². The van der Waals surface area contributed by atoms with Crippen LogP contribution in [-0.2, 0) is 16.5 Å². The predicted molar refractivity (Wildman–Crippen MR) is 70.9 cm³/mol. The molecule has 0 amide bonds. The molecule has 98 valence electrons. The van der Waals surface area contributed by atoms with Gasteiger partial charge in [-0.2, -0.15) is 8.42 Å². The minimum absolute atomic E-state index is 0.0516. The number of benzene rings is 1. The number of phenols is 1. The molecule has 0 aromatic heterocycles. The van der Waals surface area contributed by atoms with Crippen LogP contribution in [0.15, 0.2) is 35.8 Å². The van der Waals surface area contributed by atoms with Crippen molar-refractivity contribution in [3.05, 3.63) is 42.0 Å². The van der Waals surface area contributed by atoms with Crippen molar-refractivity contribution < 1.29 is 18.1 Å². The summed E-state index contributed by atoms with van der Waals surface area (Å²) >= 11 is 0. The fourth-order valence-corrected chi connectivity index (χ4v) is 1.70. The molecule has 2 N–H and O–H groups in total. The molecule has 0 spiro atoms. The lowest BCUT2D eigenvalue weighted by molar-refractivity contribution is 0.469. The lowest BCUT2D eigenvalue weighted by atomic mass is 10.1. The van der Waals surface area contributed by atoms with Crippen molar-refractivity contribution in [2.75, 3.05) is 12.3 Å². The van der Waals surface area contributed by atoms with Crippen molar-refractivity contribution in [3.63, 3.8) is 0 Å². The van der Waals surface area contributed by atoms with E-state index in [2.05, 4.69) is 11.6 Å². The van der Waals surface area contributed by atoms with Crippen molar-refractivity contribution in [2.24, 2.45) is 4.99 Å². The van der Waals surface area contributed by atoms with Crippen molar-refractivity contribution in [2.45, 2.75) is 6.42 Å². The maximum absolute atomic E-state index is 10.5. The molecule has 0 saturated heterocycles. The topological polar surface area (TPSA) is 87.0 Å². The Morgan fingerprint density at radius 2 is 2.11 bits per heavy atom. The van der Waals surface area contributed by atoms with E-state index in [1.165, 1.54) is 6.21 Å². The minimum atomic E-state index is -3.99. The number of aromatic hydroxyl groups is 1. The molecular weight excluding hydrogens is 254 g/mol. The van der Waals surface area contributed by atoms with E-state index in [1.807, 2.05) is 0 Å². The maximum Gasteiger partial charge on any atom is 0.266 e. The Balaban J connectivity index is 2.75. The van der Waals surface area contributed by atoms with Crippen LogP contribution in [0.1, 0.15) is 11.1 Å². The molecular formula is C12H15NO4S. The molecule has 0 saturated carbocycles. The third-order valence-corrected chi connectivity index (χ3v) is 2.92. The summed E-state index contributed by atoms with van der Waals surface area (Å²) in [6, 6.07) is 5.20. The smallest absolute Gasteiger partial charge is 0.266 e. The fourth-order valence-electron chi connectivity index (χ4n) is 1.37. The second-order valence-electron chi connectivity index (χ2n) is 3.67. The SMILES string of the molecule is C=CCc1cccc(C=NCCS(=O)(=O)O)c1O. The summed E-state index contributed by atoms with van der Waals surface area (Å²) in [5.74, 6) is -0.329. The van der Waals surface area contributed by atoms with Crippen LogP contribution in [0.5, 0.6) is 5.75 Å². The largest absolute Gasteiger partial charge is 0.507 e. The van der Waals surface area contributed by atoms with Crippen molar-refractivity contribution in [1.29, 1.82) is 0 Å². The van der Waals surface area contributed by atoms with Crippen LogP contribution >= 0.6 is 0 Å². The molecule has 0 bridgehead atoms. The van der Waals surface area contributed by atoms with Crippen LogP contribution in [0.4, 0.5) is 0 Å². The van der Waals surface area contributed by atoms with Crippen LogP contribution in [-0.4, -0.2) is 36.6 Å². The second-order valence-corrected chi connectivity index (χ2v) is 5.24. The highest BCUT2D eigenvalue weighted by atomic mass is 32.2. The van der Waals surface area contributed by atoms with Gasteiger partial charge >= 0.3 is 0 Å². The third-order valence-electron chi connectivity index (χ3n) is 2.22. The Morgan fingerprint density at radius 1 is 1.39 bits per heavy atom. The van der Waals surface area contributed by atoms with Gasteiger partial charge < -0.3 is 5.11 Å². The normalized spacial score (nSPS) is 11.8. The summed E-state index contributed by atoms with van der Waals surface area (Å²) in [5.41, 5.74) is 1.23. The average molecular weight is 269 g/mol. The number of allylic oxidation sites excluding steroid dienone is 1. The van der Waals surface area contributed by atoms with E-state index < -0.39 is 15.9 Å². The van der Waals surface area contributed by atoms with Gasteiger partial charge in [0.2, 0.25) is 0 Å². The first-order valence-corrected chi connectivity index (χ1v) is 6.91. The highest BCUT2D eigenvalue weighted by molar-refractivity contribution is 7.85. The van der Waals surface area contributed by atoms with Gasteiger partial charge in [-0.05, 0) is 18.1 Å². The number of hydrogen-bond donors (Lipinski definition) is 2. The standard InChI is InChI=1S/C12H15NO4S/c1-2-4-10-5-3-6-11(12(10)14)9-13-7-8-18(15,16)17/h2-3,5-6,9,14H,1,4,7-8H2,(H,15,16,17). The van der Waals surface area contributed by atoms with Crippen molar-refractivity contribution in [3.8, 4) is 5.75 Å². The maximum atomic E-state index is 10.5. The fraction of sp³-hybridized carbons (Fsp3) is 0.250. The Kier molecular flexibility index (Phi) is 5.06. The van der Waals surface area contributed by atoms with E-state index in [-0.39, 0.29) is 12.3 Å². The molecule has 0 fully saturated rings. The Bertz CT molecular complexity index is 549. The average Bonchev–Trinajstić information content (AvgIpc) is 2.28. The summed E-state index contributed by atoms with van der Waals surface area (Å²) in [4.78, 5) is 3.84. The second kappa shape index (κ2) is 6.32. The molecule has 1 aromatic rings. The molecule has 0 aliphatic heterocycles. The summed E-state index contributed by atoms with van der Waals surface area (Å²) in [7, 11) is -3.99. The molecule has 1 aromatic carbocycles. The van der Waals surface area contributed by atoms with Gasteiger partial charge in [0.15, 0.2) is 0 Å². The zero-order chi connectivity index (χ0) is 13.6. The monoisotopic (exact) mass is 269 g/mol. The summed E-state index contributed by atoms with van der Waals surface area (Å²) in [6.07, 6.45) is 3.60. The molecule has 0 atom stereocenters. The molecule has 0 unspecified atom stereocenters. The van der Waals surface area contributed by atoms with Gasteiger partial charge in [-0.25, -0.2) is 0 Å². The zero-order valence-electron chi connectivity index (χ0n) is 9.78. The molecule has 0 radical (unpaired) electrons. The molecule has 0 aliphatic rings. The summed E-state index contributed by atoms with van der Waals surface area (Å²) in [5, 5.41) is 9.87. The number of phenolic OH excluding ortho intramolecular Hbond substituents is 1. The van der Waals surface area contributed by atoms with E-state index >= 15 is 0 Å². The first-order chi connectivity index (χ1) is 8.44. The van der Waals surface area contributed by atoms with Gasteiger partial charge in [-0.15, -0.1) is 6.58 Å². The lowest BCUT2D eigenvalue weighted by Gasteiger charge is -2.04. The predicted octanol–water partition coefficient (Wildman–Crippen LogP) is 1.43. The summed E-state index contributed by atoms with van der Waals surface area (Å²) in [6.45, 7) is 3.54. The van der Waals surface area contributed by atoms with Crippen molar-refractivity contribution in [1.82, 2.24) is 0 Å². The van der Waals surface area contributed by atoms with Gasteiger partial charge in [0.05, 0.1) is 12.3 Å². The van der Waals surface area contributed by atoms with Crippen LogP contribution < -0.4 is 0 Å². The van der Waals surface area contributed by atoms with Crippen LogP contribution in [0.3, 0.4) is 0 Å². The highest BCUT2D eigenvalue weighted by Crippen LogP contribution is 2.21. The number of rotatable bonds is 6. The van der Waals surface area contributed by atoms with Gasteiger partial charge in [-0.1, -0.05) is 18.2 Å². The highest BCUT2D eigenvalue weighted by Gasteiger charge is 2.04. The number of aliphatic imine (C=N–C) groups is 1. The van der Waals surface area contributed by atoms with E-state index in [1.54, 1.807) is 24.3 Å². The first-order valence-electron chi connectivity index (χ1n) is 5.31. The summed E-state index contributed by atoms with van der Waals surface area (Å²) < 4.78 is 29.5. The number of nitrogens with zero attached hydrogens (tertiary/aromatic N) is 1. The third kappa shape index (κ3) is 4.68. The number of para-hydroxylation sites is 1. The Hall–Kier alpha value is -1.66. The van der Waals surface area contributed by atoms with E-state index in [4.69, 9.17) is 4.55 Å². The minimum Gasteiger partial charge on any atom is -0.507 e. The molecule has 0 heterocycles. The van der Waals surface area contributed by atoms with Gasteiger partial charge in [0.1, 0.15) is 5.75 Å². The Morgan fingerprint density at radius 3 is 2.72 bits per heavy atom. The van der Waals surface area contributed by atoms with Gasteiger partial charge in [0.25, 0.3) is 10.1 Å². The lowest BCUT2D eigenvalue weighted by Crippen LogP contribution is -2.06. The van der Waals surface area contributed by atoms with Crippen LogP contribution in [0, 0.1) is 0 Å². The van der Waals surface area contributed by atoms with E-state index in [0.717, 1.165) is 5.56 Å². The first kappa shape index (κ1) is 14.4.